The minimum Gasteiger partial charge on any atom is -0.367 e. The van der Waals surface area contributed by atoms with Crippen LogP contribution in [0.5, 0.6) is 0 Å². The zero-order valence-electron chi connectivity index (χ0n) is 6.88. The first kappa shape index (κ1) is 8.53. The largest absolute Gasteiger partial charge is 0.367 e. The zero-order chi connectivity index (χ0) is 8.27. The van der Waals surface area contributed by atoms with Crippen LogP contribution in [0.2, 0.25) is 0 Å². The van der Waals surface area contributed by atoms with Crippen LogP contribution < -0.4 is 5.73 Å². The van der Waals surface area contributed by atoms with Gasteiger partial charge in [-0.25, -0.2) is 0 Å². The summed E-state index contributed by atoms with van der Waals surface area (Å²) in [7, 11) is 0. The average molecular weight is 157 g/mol. The number of primary amides is 1. The Morgan fingerprint density at radius 2 is 2.36 bits per heavy atom. The van der Waals surface area contributed by atoms with Gasteiger partial charge >= 0.3 is 0 Å². The summed E-state index contributed by atoms with van der Waals surface area (Å²) in [6.45, 7) is 1.91. The fourth-order valence-electron chi connectivity index (χ4n) is 1.10. The molecule has 1 unspecified atom stereocenters. The first-order chi connectivity index (χ1) is 5.24. The highest BCUT2D eigenvalue weighted by molar-refractivity contribution is 5.78. The molecule has 3 nitrogen and oxygen atoms in total. The molecule has 1 fully saturated rings. The highest BCUT2D eigenvalue weighted by Crippen LogP contribution is 2.23. The second-order valence-corrected chi connectivity index (χ2v) is 2.99. The fourth-order valence-corrected chi connectivity index (χ4v) is 1.10. The molecule has 2 N–H and O–H groups in total. The Morgan fingerprint density at radius 1 is 1.73 bits per heavy atom. The van der Waals surface area contributed by atoms with Crippen LogP contribution in [-0.2, 0) is 9.53 Å². The van der Waals surface area contributed by atoms with Gasteiger partial charge in [0.15, 0.2) is 0 Å². The molecule has 1 saturated carbocycles. The molecule has 1 rings (SSSR count). The molecule has 1 aliphatic rings. The molecule has 0 aromatic rings. The standard InChI is InChI=1S/C8H15NO2/c1-2-7(8(9)10)11-6-4-3-5-6/h6-7H,2-5H2,1H3,(H2,9,10). The van der Waals surface area contributed by atoms with Crippen LogP contribution in [0.4, 0.5) is 0 Å². The molecular formula is C8H15NO2. The van der Waals surface area contributed by atoms with Crippen LogP contribution in [0.25, 0.3) is 0 Å². The van der Waals surface area contributed by atoms with Crippen LogP contribution in [0.15, 0.2) is 0 Å². The van der Waals surface area contributed by atoms with Crippen molar-refractivity contribution < 1.29 is 9.53 Å². The third kappa shape index (κ3) is 2.19. The molecule has 1 amide bonds. The van der Waals surface area contributed by atoms with Gasteiger partial charge in [-0.2, -0.15) is 0 Å². The van der Waals surface area contributed by atoms with E-state index in [-0.39, 0.29) is 12.0 Å². The van der Waals surface area contributed by atoms with Gasteiger partial charge in [0, 0.05) is 0 Å². The molecule has 1 aliphatic carbocycles. The highest BCUT2D eigenvalue weighted by Gasteiger charge is 2.24. The summed E-state index contributed by atoms with van der Waals surface area (Å²) < 4.78 is 5.42. The third-order valence-corrected chi connectivity index (χ3v) is 2.10. The van der Waals surface area contributed by atoms with E-state index in [0.717, 1.165) is 12.8 Å². The van der Waals surface area contributed by atoms with Gasteiger partial charge in [0.25, 0.3) is 0 Å². The maximum atomic E-state index is 10.7. The molecule has 1 atom stereocenters. The predicted molar refractivity (Wildman–Crippen MR) is 42.0 cm³/mol. The number of carbonyl (C=O) groups excluding carboxylic acids is 1. The summed E-state index contributed by atoms with van der Waals surface area (Å²) in [5.41, 5.74) is 5.11. The number of rotatable bonds is 4. The molecule has 0 bridgehead atoms. The Balaban J connectivity index is 2.24. The smallest absolute Gasteiger partial charge is 0.246 e. The summed E-state index contributed by atoms with van der Waals surface area (Å²) in [4.78, 5) is 10.7. The van der Waals surface area contributed by atoms with Gasteiger partial charge in [0.1, 0.15) is 6.10 Å². The molecule has 11 heavy (non-hydrogen) atoms. The lowest BCUT2D eigenvalue weighted by Gasteiger charge is -2.28. The maximum absolute atomic E-state index is 10.7. The quantitative estimate of drug-likeness (QED) is 0.656. The lowest BCUT2D eigenvalue weighted by atomic mass is 9.96. The van der Waals surface area contributed by atoms with Crippen LogP contribution in [0.3, 0.4) is 0 Å². The minimum absolute atomic E-state index is 0.299. The molecule has 0 radical (unpaired) electrons. The molecule has 0 aromatic carbocycles. The van der Waals surface area contributed by atoms with E-state index in [1.165, 1.54) is 6.42 Å². The summed E-state index contributed by atoms with van der Waals surface area (Å²) in [5.74, 6) is -0.334. The molecule has 0 heterocycles. The monoisotopic (exact) mass is 157 g/mol. The Bertz CT molecular complexity index is 143. The second-order valence-electron chi connectivity index (χ2n) is 2.99. The first-order valence-electron chi connectivity index (χ1n) is 4.18. The lowest BCUT2D eigenvalue weighted by Crippen LogP contribution is -2.36. The van der Waals surface area contributed by atoms with E-state index in [4.69, 9.17) is 10.5 Å². The van der Waals surface area contributed by atoms with E-state index in [1.807, 2.05) is 6.92 Å². The van der Waals surface area contributed by atoms with Gasteiger partial charge in [0.2, 0.25) is 5.91 Å². The topological polar surface area (TPSA) is 52.3 Å². The SMILES string of the molecule is CCC(OC1CCC1)C(N)=O. The minimum atomic E-state index is -0.361. The van der Waals surface area contributed by atoms with Crippen LogP contribution in [-0.4, -0.2) is 18.1 Å². The van der Waals surface area contributed by atoms with Crippen LogP contribution >= 0.6 is 0 Å². The normalized spacial score (nSPS) is 20.8. The molecule has 3 heteroatoms. The van der Waals surface area contributed by atoms with E-state index in [0.29, 0.717) is 12.5 Å². The first-order valence-corrected chi connectivity index (χ1v) is 4.18. The summed E-state index contributed by atoms with van der Waals surface area (Å²) >= 11 is 0. The number of hydrogen-bond donors (Lipinski definition) is 1. The van der Waals surface area contributed by atoms with Crippen molar-refractivity contribution in [2.75, 3.05) is 0 Å². The number of carbonyl (C=O) groups is 1. The van der Waals surface area contributed by atoms with E-state index >= 15 is 0 Å². The predicted octanol–water partition coefficient (Wildman–Crippen LogP) is 0.819. The van der Waals surface area contributed by atoms with Crippen LogP contribution in [0, 0.1) is 0 Å². The Labute approximate surface area is 66.9 Å². The number of hydrogen-bond acceptors (Lipinski definition) is 2. The van der Waals surface area contributed by atoms with Gasteiger partial charge in [0.05, 0.1) is 6.10 Å². The van der Waals surface area contributed by atoms with Crippen molar-refractivity contribution in [3.8, 4) is 0 Å². The zero-order valence-corrected chi connectivity index (χ0v) is 6.88. The fraction of sp³-hybridized carbons (Fsp3) is 0.875. The Hall–Kier alpha value is -0.570. The van der Waals surface area contributed by atoms with E-state index in [9.17, 15) is 4.79 Å². The highest BCUT2D eigenvalue weighted by atomic mass is 16.5. The van der Waals surface area contributed by atoms with Crippen molar-refractivity contribution in [3.05, 3.63) is 0 Å². The second kappa shape index (κ2) is 3.72. The lowest BCUT2D eigenvalue weighted by molar-refractivity contribution is -0.137. The van der Waals surface area contributed by atoms with Crippen molar-refractivity contribution in [1.29, 1.82) is 0 Å². The van der Waals surface area contributed by atoms with Gasteiger partial charge in [-0.15, -0.1) is 0 Å². The van der Waals surface area contributed by atoms with E-state index in [1.54, 1.807) is 0 Å². The molecule has 64 valence electrons. The van der Waals surface area contributed by atoms with Crippen molar-refractivity contribution in [3.63, 3.8) is 0 Å². The van der Waals surface area contributed by atoms with Crippen molar-refractivity contribution >= 4 is 5.91 Å². The van der Waals surface area contributed by atoms with E-state index < -0.39 is 0 Å². The number of ether oxygens (including phenoxy) is 1. The van der Waals surface area contributed by atoms with Gasteiger partial charge in [-0.3, -0.25) is 4.79 Å². The van der Waals surface area contributed by atoms with Gasteiger partial charge in [-0.05, 0) is 25.7 Å². The van der Waals surface area contributed by atoms with Crippen molar-refractivity contribution in [1.82, 2.24) is 0 Å². The molecule has 0 aromatic heterocycles. The number of nitrogens with two attached hydrogens (primary N) is 1. The van der Waals surface area contributed by atoms with Crippen LogP contribution in [0.1, 0.15) is 32.6 Å². The summed E-state index contributed by atoms with van der Waals surface area (Å²) in [6.07, 6.45) is 4.02. The third-order valence-electron chi connectivity index (χ3n) is 2.10. The average Bonchev–Trinajstić information content (AvgIpc) is 1.85. The molecule has 0 saturated heterocycles. The van der Waals surface area contributed by atoms with Gasteiger partial charge < -0.3 is 10.5 Å². The summed E-state index contributed by atoms with van der Waals surface area (Å²) in [6, 6.07) is 0. The van der Waals surface area contributed by atoms with E-state index in [2.05, 4.69) is 0 Å². The molecule has 0 spiro atoms. The number of amides is 1. The summed E-state index contributed by atoms with van der Waals surface area (Å²) in [5, 5.41) is 0. The molecular weight excluding hydrogens is 142 g/mol. The van der Waals surface area contributed by atoms with Gasteiger partial charge in [-0.1, -0.05) is 6.92 Å². The Morgan fingerprint density at radius 3 is 2.64 bits per heavy atom. The maximum Gasteiger partial charge on any atom is 0.246 e. The van der Waals surface area contributed by atoms with Crippen molar-refractivity contribution in [2.45, 2.75) is 44.8 Å². The van der Waals surface area contributed by atoms with Crippen molar-refractivity contribution in [2.24, 2.45) is 5.73 Å². The molecule has 0 aliphatic heterocycles. The Kier molecular flexibility index (Phi) is 2.88.